The van der Waals surface area contributed by atoms with Crippen LogP contribution in [0, 0.1) is 0 Å². The number of aromatic nitrogens is 1. The van der Waals surface area contributed by atoms with Crippen LogP contribution in [0.1, 0.15) is 37.9 Å². The third-order valence-electron chi connectivity index (χ3n) is 4.40. The Morgan fingerprint density at radius 2 is 2.13 bits per heavy atom. The summed E-state index contributed by atoms with van der Waals surface area (Å²) in [6.07, 6.45) is 1.71. The maximum atomic E-state index is 12.6. The maximum absolute atomic E-state index is 12.6. The summed E-state index contributed by atoms with van der Waals surface area (Å²) in [4.78, 5) is 32.7. The van der Waals surface area contributed by atoms with Gasteiger partial charge in [-0.05, 0) is 24.7 Å². The van der Waals surface area contributed by atoms with Gasteiger partial charge in [0, 0.05) is 39.3 Å². The number of nitrogens with zero attached hydrogens (tertiary/aromatic N) is 3. The molecule has 2 rings (SSSR count). The van der Waals surface area contributed by atoms with E-state index in [2.05, 4.69) is 29.0 Å². The molecule has 0 aliphatic carbocycles. The largest absolute Gasteiger partial charge is 0.354 e. The number of rotatable bonds is 6. The summed E-state index contributed by atoms with van der Waals surface area (Å²) in [7, 11) is 0. The van der Waals surface area contributed by atoms with Crippen molar-refractivity contribution in [1.82, 2.24) is 20.1 Å². The molecule has 1 unspecified atom stereocenters. The summed E-state index contributed by atoms with van der Waals surface area (Å²) >= 11 is 0. The number of likely N-dealkylation sites (N-methyl/N-ethyl adjacent to an activating group) is 1. The van der Waals surface area contributed by atoms with Gasteiger partial charge >= 0.3 is 0 Å². The van der Waals surface area contributed by atoms with Crippen molar-refractivity contribution >= 4 is 11.8 Å². The van der Waals surface area contributed by atoms with Gasteiger partial charge in [0.15, 0.2) is 0 Å². The number of nitrogens with one attached hydrogen (secondary N) is 1. The zero-order chi connectivity index (χ0) is 16.8. The molecule has 23 heavy (non-hydrogen) atoms. The Morgan fingerprint density at radius 3 is 2.78 bits per heavy atom. The molecule has 0 radical (unpaired) electrons. The van der Waals surface area contributed by atoms with Crippen LogP contribution in [0.2, 0.25) is 0 Å². The lowest BCUT2D eigenvalue weighted by Crippen LogP contribution is -2.44. The van der Waals surface area contributed by atoms with Crippen molar-refractivity contribution < 1.29 is 9.59 Å². The van der Waals surface area contributed by atoms with Gasteiger partial charge in [-0.25, -0.2) is 0 Å². The van der Waals surface area contributed by atoms with E-state index in [9.17, 15) is 9.59 Å². The van der Waals surface area contributed by atoms with Gasteiger partial charge in [-0.3, -0.25) is 14.6 Å². The molecule has 1 aromatic heterocycles. The van der Waals surface area contributed by atoms with Crippen LogP contribution in [0.4, 0.5) is 0 Å². The van der Waals surface area contributed by atoms with Crippen LogP contribution >= 0.6 is 0 Å². The van der Waals surface area contributed by atoms with Gasteiger partial charge in [0.05, 0.1) is 11.6 Å². The number of pyridine rings is 1. The fraction of sp³-hybridized carbons (Fsp3) is 0.588. The molecule has 0 fully saturated rings. The summed E-state index contributed by atoms with van der Waals surface area (Å²) in [6.45, 7) is 10.1. The summed E-state index contributed by atoms with van der Waals surface area (Å²) < 4.78 is 0. The third-order valence-corrected chi connectivity index (χ3v) is 4.40. The van der Waals surface area contributed by atoms with Crippen LogP contribution in [-0.2, 0) is 16.1 Å². The molecule has 6 heteroatoms. The van der Waals surface area contributed by atoms with E-state index in [1.807, 2.05) is 12.1 Å². The van der Waals surface area contributed by atoms with Gasteiger partial charge in [-0.1, -0.05) is 19.9 Å². The minimum atomic E-state index is -0.388. The van der Waals surface area contributed by atoms with Gasteiger partial charge in [-0.15, -0.1) is 0 Å². The number of carbonyl (C=O) groups is 2. The lowest BCUT2D eigenvalue weighted by atomic mass is 9.94. The minimum Gasteiger partial charge on any atom is -0.354 e. The molecule has 1 aromatic rings. The average Bonchev–Trinajstić information content (AvgIpc) is 2.57. The van der Waals surface area contributed by atoms with Crippen molar-refractivity contribution in [2.45, 2.75) is 33.2 Å². The molecule has 1 aliphatic rings. The standard InChI is InChI=1S/C17H26N4O2/c1-4-20(5-2)10-9-19-17(23)15-12-21(13(3)22)11-14-7-6-8-18-16(14)15/h6-8,15H,4-5,9-12H2,1-3H3,(H,19,23). The SMILES string of the molecule is CCN(CC)CCNC(=O)C1CN(C(C)=O)Cc2cccnc21. The van der Waals surface area contributed by atoms with E-state index in [1.165, 1.54) is 6.92 Å². The summed E-state index contributed by atoms with van der Waals surface area (Å²) in [5, 5.41) is 2.99. The molecule has 0 aromatic carbocycles. The Balaban J connectivity index is 2.05. The Labute approximate surface area is 137 Å². The number of fused-ring (bicyclic) bond motifs is 1. The molecule has 0 bridgehead atoms. The number of carbonyl (C=O) groups excluding carboxylic acids is 2. The molecule has 0 spiro atoms. The molecule has 0 saturated carbocycles. The van der Waals surface area contributed by atoms with Crippen molar-refractivity contribution in [2.24, 2.45) is 0 Å². The van der Waals surface area contributed by atoms with Crippen LogP contribution in [0.5, 0.6) is 0 Å². The first-order chi connectivity index (χ1) is 11.1. The number of hydrogen-bond acceptors (Lipinski definition) is 4. The zero-order valence-electron chi connectivity index (χ0n) is 14.2. The predicted octanol–water partition coefficient (Wildman–Crippen LogP) is 0.985. The number of amides is 2. The van der Waals surface area contributed by atoms with Crippen molar-refractivity contribution in [1.29, 1.82) is 0 Å². The maximum Gasteiger partial charge on any atom is 0.231 e. The Kier molecular flexibility index (Phi) is 6.10. The van der Waals surface area contributed by atoms with Gasteiger partial charge in [-0.2, -0.15) is 0 Å². The molecule has 2 heterocycles. The van der Waals surface area contributed by atoms with Crippen molar-refractivity contribution in [3.8, 4) is 0 Å². The molecule has 1 N–H and O–H groups in total. The second-order valence-corrected chi connectivity index (χ2v) is 5.82. The third kappa shape index (κ3) is 4.28. The highest BCUT2D eigenvalue weighted by molar-refractivity contribution is 5.85. The van der Waals surface area contributed by atoms with Crippen LogP contribution in [0.25, 0.3) is 0 Å². The van der Waals surface area contributed by atoms with Crippen LogP contribution in [-0.4, -0.2) is 59.3 Å². The normalized spacial score (nSPS) is 17.0. The monoisotopic (exact) mass is 318 g/mol. The quantitative estimate of drug-likeness (QED) is 0.849. The lowest BCUT2D eigenvalue weighted by Gasteiger charge is -2.32. The van der Waals surface area contributed by atoms with E-state index in [-0.39, 0.29) is 17.7 Å². The minimum absolute atomic E-state index is 0.0135. The molecule has 1 atom stereocenters. The van der Waals surface area contributed by atoms with E-state index in [0.717, 1.165) is 30.9 Å². The topological polar surface area (TPSA) is 65.5 Å². The van der Waals surface area contributed by atoms with Crippen LogP contribution in [0.3, 0.4) is 0 Å². The number of hydrogen-bond donors (Lipinski definition) is 1. The van der Waals surface area contributed by atoms with Gasteiger partial charge in [0.1, 0.15) is 0 Å². The summed E-state index contributed by atoms with van der Waals surface area (Å²) in [5.74, 6) is -0.455. The smallest absolute Gasteiger partial charge is 0.231 e. The van der Waals surface area contributed by atoms with Crippen molar-refractivity contribution in [3.63, 3.8) is 0 Å². The summed E-state index contributed by atoms with van der Waals surface area (Å²) in [6, 6.07) is 3.78. The average molecular weight is 318 g/mol. The Morgan fingerprint density at radius 1 is 1.39 bits per heavy atom. The molecular weight excluding hydrogens is 292 g/mol. The van der Waals surface area contributed by atoms with Gasteiger partial charge < -0.3 is 15.1 Å². The Bertz CT molecular complexity index is 557. The van der Waals surface area contributed by atoms with Crippen molar-refractivity contribution in [2.75, 3.05) is 32.7 Å². The molecule has 1 aliphatic heterocycles. The first kappa shape index (κ1) is 17.4. The highest BCUT2D eigenvalue weighted by Gasteiger charge is 2.32. The molecular formula is C17H26N4O2. The van der Waals surface area contributed by atoms with E-state index in [4.69, 9.17) is 0 Å². The second-order valence-electron chi connectivity index (χ2n) is 5.82. The van der Waals surface area contributed by atoms with Crippen molar-refractivity contribution in [3.05, 3.63) is 29.6 Å². The Hall–Kier alpha value is -1.95. The zero-order valence-corrected chi connectivity index (χ0v) is 14.2. The first-order valence-corrected chi connectivity index (χ1v) is 8.26. The van der Waals surface area contributed by atoms with E-state index >= 15 is 0 Å². The highest BCUT2D eigenvalue weighted by Crippen LogP contribution is 2.26. The second kappa shape index (κ2) is 8.06. The molecule has 6 nitrogen and oxygen atoms in total. The summed E-state index contributed by atoms with van der Waals surface area (Å²) in [5.41, 5.74) is 1.75. The van der Waals surface area contributed by atoms with Crippen LogP contribution < -0.4 is 5.32 Å². The predicted molar refractivity (Wildman–Crippen MR) is 88.9 cm³/mol. The lowest BCUT2D eigenvalue weighted by molar-refractivity contribution is -0.131. The van der Waals surface area contributed by atoms with E-state index in [1.54, 1.807) is 11.1 Å². The molecule has 126 valence electrons. The van der Waals surface area contributed by atoms with E-state index < -0.39 is 0 Å². The first-order valence-electron chi connectivity index (χ1n) is 8.26. The van der Waals surface area contributed by atoms with Gasteiger partial charge in [0.2, 0.25) is 11.8 Å². The van der Waals surface area contributed by atoms with Gasteiger partial charge in [0.25, 0.3) is 0 Å². The van der Waals surface area contributed by atoms with Crippen LogP contribution in [0.15, 0.2) is 18.3 Å². The fourth-order valence-corrected chi connectivity index (χ4v) is 2.92. The fourth-order valence-electron chi connectivity index (χ4n) is 2.92. The van der Waals surface area contributed by atoms with E-state index in [0.29, 0.717) is 19.6 Å². The highest BCUT2D eigenvalue weighted by atomic mass is 16.2. The molecule has 0 saturated heterocycles. The molecule has 2 amide bonds.